The molecule has 0 spiro atoms. The van der Waals surface area contributed by atoms with E-state index in [0.717, 1.165) is 42.0 Å². The lowest BCUT2D eigenvalue weighted by Gasteiger charge is -2.28. The van der Waals surface area contributed by atoms with E-state index in [1.54, 1.807) is 11.0 Å². The molecule has 1 atom stereocenters. The summed E-state index contributed by atoms with van der Waals surface area (Å²) in [6.45, 7) is 17.9. The van der Waals surface area contributed by atoms with Gasteiger partial charge in [-0.1, -0.05) is 65.8 Å². The maximum Gasteiger partial charge on any atom is 0.295 e. The molecule has 1 heterocycles. The van der Waals surface area contributed by atoms with Gasteiger partial charge < -0.3 is 19.6 Å². The Morgan fingerprint density at radius 2 is 1.68 bits per heavy atom. The average Bonchev–Trinajstić information content (AvgIpc) is 3.12. The monoisotopic (exact) mass is 506 g/mol. The minimum atomic E-state index is -0.652. The van der Waals surface area contributed by atoms with E-state index in [4.69, 9.17) is 4.74 Å². The molecule has 2 aromatic carbocycles. The third-order valence-electron chi connectivity index (χ3n) is 7.09. The second kappa shape index (κ2) is 12.0. The van der Waals surface area contributed by atoms with Gasteiger partial charge >= 0.3 is 0 Å². The van der Waals surface area contributed by atoms with Crippen LogP contribution in [0.1, 0.15) is 76.3 Å². The van der Waals surface area contributed by atoms with Gasteiger partial charge in [0.2, 0.25) is 0 Å². The average molecular weight is 507 g/mol. The number of aryl methyl sites for hydroxylation is 1. The fraction of sp³-hybridized carbons (Fsp3) is 0.484. The minimum Gasteiger partial charge on any atom is -0.507 e. The van der Waals surface area contributed by atoms with Crippen LogP contribution in [-0.4, -0.2) is 59.4 Å². The van der Waals surface area contributed by atoms with Gasteiger partial charge in [0.05, 0.1) is 18.2 Å². The quantitative estimate of drug-likeness (QED) is 0.249. The summed E-state index contributed by atoms with van der Waals surface area (Å²) in [7, 11) is 0. The highest BCUT2D eigenvalue weighted by Gasteiger charge is 2.46. The second-order valence-corrected chi connectivity index (χ2v) is 10.7. The fourth-order valence-corrected chi connectivity index (χ4v) is 4.74. The predicted molar refractivity (Wildman–Crippen MR) is 149 cm³/mol. The molecule has 1 aliphatic rings. The zero-order chi connectivity index (χ0) is 27.3. The number of Topliss-reactive ketones (excluding diaryl/α,β-unsaturated/α-hetero) is 1. The summed E-state index contributed by atoms with van der Waals surface area (Å²) in [5.74, 6) is -0.629. The zero-order valence-electron chi connectivity index (χ0n) is 23.4. The molecule has 1 N–H and O–H groups in total. The lowest BCUT2D eigenvalue weighted by molar-refractivity contribution is -0.140. The van der Waals surface area contributed by atoms with Gasteiger partial charge in [-0.3, -0.25) is 9.59 Å². The van der Waals surface area contributed by atoms with Crippen molar-refractivity contribution in [2.24, 2.45) is 0 Å². The van der Waals surface area contributed by atoms with Crippen molar-refractivity contribution in [2.45, 2.75) is 66.3 Å². The summed E-state index contributed by atoms with van der Waals surface area (Å²) >= 11 is 0. The molecule has 1 amide bonds. The van der Waals surface area contributed by atoms with Crippen molar-refractivity contribution < 1.29 is 19.4 Å². The molecular weight excluding hydrogens is 464 g/mol. The molecule has 0 aliphatic carbocycles. The number of benzene rings is 2. The molecule has 0 saturated carbocycles. The molecule has 200 valence electrons. The van der Waals surface area contributed by atoms with Crippen molar-refractivity contribution in [3.63, 3.8) is 0 Å². The largest absolute Gasteiger partial charge is 0.507 e. The number of ketones is 1. The first-order chi connectivity index (χ1) is 17.5. The maximum atomic E-state index is 13.4. The van der Waals surface area contributed by atoms with E-state index < -0.39 is 17.7 Å². The lowest BCUT2D eigenvalue weighted by Crippen LogP contribution is -2.38. The van der Waals surface area contributed by atoms with Crippen molar-refractivity contribution in [1.29, 1.82) is 0 Å². The SMILES string of the molecule is CCCOc1ccc(/C(O)=C2\C(=O)C(=O)N(CCN(CC)CC)C2c2ccc(C(C)(C)C)cc2)cc1C. The van der Waals surface area contributed by atoms with E-state index in [-0.39, 0.29) is 16.7 Å². The van der Waals surface area contributed by atoms with E-state index in [1.165, 1.54) is 0 Å². The van der Waals surface area contributed by atoms with Crippen LogP contribution in [0, 0.1) is 6.92 Å². The van der Waals surface area contributed by atoms with Crippen molar-refractivity contribution in [1.82, 2.24) is 9.80 Å². The summed E-state index contributed by atoms with van der Waals surface area (Å²) in [4.78, 5) is 30.5. The fourth-order valence-electron chi connectivity index (χ4n) is 4.74. The van der Waals surface area contributed by atoms with Crippen LogP contribution in [0.25, 0.3) is 5.76 Å². The Bertz CT molecular complexity index is 1140. The smallest absolute Gasteiger partial charge is 0.295 e. The van der Waals surface area contributed by atoms with Crippen LogP contribution in [0.2, 0.25) is 0 Å². The van der Waals surface area contributed by atoms with E-state index in [9.17, 15) is 14.7 Å². The number of carbonyl (C=O) groups is 2. The summed E-state index contributed by atoms with van der Waals surface area (Å²) in [6, 6.07) is 12.8. The predicted octanol–water partition coefficient (Wildman–Crippen LogP) is 5.84. The highest BCUT2D eigenvalue weighted by atomic mass is 16.5. The number of amides is 1. The van der Waals surface area contributed by atoms with Gasteiger partial charge in [-0.2, -0.15) is 0 Å². The molecule has 0 bridgehead atoms. The molecule has 3 rings (SSSR count). The first-order valence-corrected chi connectivity index (χ1v) is 13.4. The number of aliphatic hydroxyl groups is 1. The number of likely N-dealkylation sites (tertiary alicyclic amines) is 1. The highest BCUT2D eigenvalue weighted by Crippen LogP contribution is 2.40. The third kappa shape index (κ3) is 6.24. The minimum absolute atomic E-state index is 0.0256. The van der Waals surface area contributed by atoms with Crippen LogP contribution in [0.15, 0.2) is 48.0 Å². The number of carbonyl (C=O) groups excluding carboxylic acids is 2. The van der Waals surface area contributed by atoms with Gasteiger partial charge in [0.25, 0.3) is 11.7 Å². The van der Waals surface area contributed by atoms with Crippen molar-refractivity contribution in [2.75, 3.05) is 32.8 Å². The first kappa shape index (κ1) is 28.5. The van der Waals surface area contributed by atoms with Gasteiger partial charge in [0.1, 0.15) is 11.5 Å². The summed E-state index contributed by atoms with van der Waals surface area (Å²) in [5.41, 5.74) is 3.44. The molecule has 6 nitrogen and oxygen atoms in total. The molecule has 1 saturated heterocycles. The van der Waals surface area contributed by atoms with E-state index in [2.05, 4.69) is 39.5 Å². The number of hydrogen-bond donors (Lipinski definition) is 1. The molecule has 0 aromatic heterocycles. The normalized spacial score (nSPS) is 17.6. The number of aliphatic hydroxyl groups excluding tert-OH is 1. The number of hydrogen-bond acceptors (Lipinski definition) is 5. The maximum absolute atomic E-state index is 13.4. The summed E-state index contributed by atoms with van der Waals surface area (Å²) in [6.07, 6.45) is 0.895. The Hall–Kier alpha value is -3.12. The van der Waals surface area contributed by atoms with Gasteiger partial charge in [-0.05, 0) is 66.7 Å². The van der Waals surface area contributed by atoms with Crippen LogP contribution in [0.5, 0.6) is 5.75 Å². The van der Waals surface area contributed by atoms with E-state index >= 15 is 0 Å². The molecule has 1 unspecified atom stereocenters. The summed E-state index contributed by atoms with van der Waals surface area (Å²) in [5, 5.41) is 11.4. The van der Waals surface area contributed by atoms with Crippen molar-refractivity contribution >= 4 is 17.4 Å². The molecule has 2 aromatic rings. The Morgan fingerprint density at radius 1 is 1.03 bits per heavy atom. The Morgan fingerprint density at radius 3 is 2.22 bits per heavy atom. The number of likely N-dealkylation sites (N-methyl/N-ethyl adjacent to an activating group) is 1. The third-order valence-corrected chi connectivity index (χ3v) is 7.09. The van der Waals surface area contributed by atoms with Crippen LogP contribution >= 0.6 is 0 Å². The van der Waals surface area contributed by atoms with Gasteiger partial charge in [-0.15, -0.1) is 0 Å². The topological polar surface area (TPSA) is 70.1 Å². The molecule has 1 aliphatic heterocycles. The second-order valence-electron chi connectivity index (χ2n) is 10.7. The molecule has 37 heavy (non-hydrogen) atoms. The molecular formula is C31H42N2O4. The number of ether oxygens (including phenoxy) is 1. The highest BCUT2D eigenvalue weighted by molar-refractivity contribution is 6.46. The standard InChI is InChI=1S/C31H42N2O4/c1-8-19-37-25-16-13-23(20-21(25)4)28(34)26-27(22-11-14-24(15-12-22)31(5,6)7)33(30(36)29(26)35)18-17-32(9-2)10-3/h11-16,20,27,34H,8-10,17-19H2,1-7H3/b28-26+. The molecule has 6 heteroatoms. The van der Waals surface area contributed by atoms with Gasteiger partial charge in [-0.25, -0.2) is 0 Å². The zero-order valence-corrected chi connectivity index (χ0v) is 23.4. The Balaban J connectivity index is 2.09. The molecule has 1 fully saturated rings. The van der Waals surface area contributed by atoms with Crippen LogP contribution in [0.3, 0.4) is 0 Å². The Kier molecular flexibility index (Phi) is 9.19. The van der Waals surface area contributed by atoms with Crippen LogP contribution in [-0.2, 0) is 15.0 Å². The van der Waals surface area contributed by atoms with Gasteiger partial charge in [0, 0.05) is 18.7 Å². The first-order valence-electron chi connectivity index (χ1n) is 13.4. The van der Waals surface area contributed by atoms with E-state index in [1.807, 2.05) is 50.2 Å². The van der Waals surface area contributed by atoms with Gasteiger partial charge in [0.15, 0.2) is 0 Å². The van der Waals surface area contributed by atoms with E-state index in [0.29, 0.717) is 25.3 Å². The van der Waals surface area contributed by atoms with Crippen LogP contribution < -0.4 is 4.74 Å². The van der Waals surface area contributed by atoms with Crippen LogP contribution in [0.4, 0.5) is 0 Å². The van der Waals surface area contributed by atoms with Crippen molar-refractivity contribution in [3.8, 4) is 5.75 Å². The lowest BCUT2D eigenvalue weighted by atomic mass is 9.85. The van der Waals surface area contributed by atoms with Crippen molar-refractivity contribution in [3.05, 3.63) is 70.3 Å². The molecule has 0 radical (unpaired) electrons. The number of rotatable bonds is 10. The number of nitrogens with zero attached hydrogens (tertiary/aromatic N) is 2. The summed E-state index contributed by atoms with van der Waals surface area (Å²) < 4.78 is 5.77. The Labute approximate surface area is 221 Å².